The van der Waals surface area contributed by atoms with Crippen molar-refractivity contribution in [1.82, 2.24) is 5.16 Å². The van der Waals surface area contributed by atoms with Crippen molar-refractivity contribution in [1.29, 1.82) is 5.26 Å². The third-order valence-electron chi connectivity index (χ3n) is 3.15. The molecule has 0 fully saturated rings. The molecule has 1 aromatic heterocycles. The fourth-order valence-corrected chi connectivity index (χ4v) is 2.05. The van der Waals surface area contributed by atoms with Gasteiger partial charge in [0.1, 0.15) is 11.6 Å². The number of amides is 1. The Morgan fingerprint density at radius 1 is 1.12 bits per heavy atom. The minimum atomic E-state index is -0.844. The SMILES string of the molecule is N#CC(C(=O)[N-]c1ccccc1)=C(O)c1noc2ccccc12.[Na+]. The van der Waals surface area contributed by atoms with Gasteiger partial charge in [-0.2, -0.15) is 5.26 Å². The van der Waals surface area contributed by atoms with E-state index in [1.54, 1.807) is 60.7 Å². The number of aromatic nitrogens is 1. The van der Waals surface area contributed by atoms with Crippen LogP contribution in [0.15, 0.2) is 64.7 Å². The molecule has 0 radical (unpaired) electrons. The molecule has 7 heteroatoms. The van der Waals surface area contributed by atoms with Crippen molar-refractivity contribution >= 4 is 28.3 Å². The van der Waals surface area contributed by atoms with Gasteiger partial charge in [0, 0.05) is 0 Å². The Labute approximate surface area is 159 Å². The van der Waals surface area contributed by atoms with Crippen LogP contribution in [-0.4, -0.2) is 16.2 Å². The van der Waals surface area contributed by atoms with E-state index in [1.807, 2.05) is 0 Å². The molecule has 0 bridgehead atoms. The number of para-hydroxylation sites is 2. The summed E-state index contributed by atoms with van der Waals surface area (Å²) in [6.45, 7) is 0. The molecule has 2 aromatic carbocycles. The largest absolute Gasteiger partial charge is 1.00 e. The first-order valence-corrected chi connectivity index (χ1v) is 6.70. The molecule has 0 saturated heterocycles. The Morgan fingerprint density at radius 2 is 1.79 bits per heavy atom. The van der Waals surface area contributed by atoms with Crippen LogP contribution in [0, 0.1) is 11.3 Å². The number of hydrogen-bond acceptors (Lipinski definition) is 5. The summed E-state index contributed by atoms with van der Waals surface area (Å²) in [6.07, 6.45) is 0. The Balaban J connectivity index is 0.00000208. The summed E-state index contributed by atoms with van der Waals surface area (Å²) >= 11 is 0. The molecule has 1 heterocycles. The summed E-state index contributed by atoms with van der Waals surface area (Å²) in [5, 5.41) is 27.5. The minimum Gasteiger partial charge on any atom is -0.622 e. The number of fused-ring (bicyclic) bond motifs is 1. The molecule has 1 N–H and O–H groups in total. The molecule has 3 rings (SSSR count). The fourth-order valence-electron chi connectivity index (χ4n) is 2.05. The zero-order valence-corrected chi connectivity index (χ0v) is 14.8. The molecule has 1 amide bonds. The Kier molecular flexibility index (Phi) is 5.77. The second kappa shape index (κ2) is 7.79. The molecule has 24 heavy (non-hydrogen) atoms. The number of nitriles is 1. The van der Waals surface area contributed by atoms with E-state index in [9.17, 15) is 15.2 Å². The van der Waals surface area contributed by atoms with E-state index in [2.05, 4.69) is 10.5 Å². The predicted molar refractivity (Wildman–Crippen MR) is 83.6 cm³/mol. The number of aliphatic hydroxyl groups excluding tert-OH is 1. The van der Waals surface area contributed by atoms with Gasteiger partial charge in [-0.1, -0.05) is 47.6 Å². The molecule has 0 aliphatic heterocycles. The maximum Gasteiger partial charge on any atom is 1.00 e. The van der Waals surface area contributed by atoms with Gasteiger partial charge in [-0.15, -0.1) is 5.69 Å². The molecule has 0 unspecified atom stereocenters. The number of carbonyl (C=O) groups excluding carboxylic acids is 1. The summed E-state index contributed by atoms with van der Waals surface area (Å²) in [5.41, 5.74) is 0.378. The van der Waals surface area contributed by atoms with Gasteiger partial charge >= 0.3 is 29.6 Å². The normalized spacial score (nSPS) is 11.1. The van der Waals surface area contributed by atoms with Gasteiger partial charge in [0.2, 0.25) is 0 Å². The molecule has 0 spiro atoms. The van der Waals surface area contributed by atoms with Gasteiger partial charge in [0.15, 0.2) is 17.0 Å². The van der Waals surface area contributed by atoms with E-state index in [0.717, 1.165) is 0 Å². The van der Waals surface area contributed by atoms with Crippen LogP contribution in [0.3, 0.4) is 0 Å². The summed E-state index contributed by atoms with van der Waals surface area (Å²) in [6, 6.07) is 17.0. The van der Waals surface area contributed by atoms with Crippen LogP contribution in [0.1, 0.15) is 5.69 Å². The Bertz CT molecular complexity index is 942. The molecule has 0 aliphatic carbocycles. The van der Waals surface area contributed by atoms with Gasteiger partial charge in [0.25, 0.3) is 0 Å². The number of nitrogens with zero attached hydrogens (tertiary/aromatic N) is 3. The molecular weight excluding hydrogens is 317 g/mol. The van der Waals surface area contributed by atoms with E-state index in [4.69, 9.17) is 4.52 Å². The Hall–Kier alpha value is -2.59. The zero-order chi connectivity index (χ0) is 16.2. The van der Waals surface area contributed by atoms with Crippen molar-refractivity contribution in [2.24, 2.45) is 0 Å². The second-order valence-corrected chi connectivity index (χ2v) is 4.62. The summed E-state index contributed by atoms with van der Waals surface area (Å²) in [7, 11) is 0. The van der Waals surface area contributed by atoms with Crippen molar-refractivity contribution in [3.8, 4) is 6.07 Å². The quantitative estimate of drug-likeness (QED) is 0.333. The standard InChI is InChI=1S/C17H11N3O3.Na/c18-10-13(17(22)19-11-6-2-1-3-7-11)16(21)15-12-8-4-5-9-14(12)23-20-15;/h1-9H,(H2,19,21,22);/q;+1/p-1. The fraction of sp³-hybridized carbons (Fsp3) is 0. The van der Waals surface area contributed by atoms with Crippen LogP contribution in [0.25, 0.3) is 22.0 Å². The van der Waals surface area contributed by atoms with Gasteiger partial charge in [-0.05, 0) is 12.1 Å². The van der Waals surface area contributed by atoms with Gasteiger partial charge in [0.05, 0.1) is 11.3 Å². The summed E-state index contributed by atoms with van der Waals surface area (Å²) < 4.78 is 5.07. The average molecular weight is 327 g/mol. The van der Waals surface area contributed by atoms with Crippen LogP contribution in [-0.2, 0) is 4.79 Å². The maximum absolute atomic E-state index is 12.2. The van der Waals surface area contributed by atoms with Crippen LogP contribution in [0.2, 0.25) is 0 Å². The molecule has 6 nitrogen and oxygen atoms in total. The van der Waals surface area contributed by atoms with Crippen molar-refractivity contribution in [2.75, 3.05) is 0 Å². The van der Waals surface area contributed by atoms with Crippen molar-refractivity contribution in [3.05, 3.63) is 71.2 Å². The summed E-state index contributed by atoms with van der Waals surface area (Å²) in [5.74, 6) is -1.40. The molecule has 3 aromatic rings. The van der Waals surface area contributed by atoms with Gasteiger partial charge < -0.3 is 19.7 Å². The van der Waals surface area contributed by atoms with E-state index in [1.165, 1.54) is 0 Å². The number of aliphatic hydroxyl groups is 1. The topological polar surface area (TPSA) is 101 Å². The predicted octanol–water partition coefficient (Wildman–Crippen LogP) is 0.856. The van der Waals surface area contributed by atoms with Crippen LogP contribution in [0.5, 0.6) is 0 Å². The van der Waals surface area contributed by atoms with Crippen LogP contribution in [0.4, 0.5) is 5.69 Å². The number of rotatable bonds is 3. The van der Waals surface area contributed by atoms with E-state index in [0.29, 0.717) is 16.7 Å². The first-order chi connectivity index (χ1) is 11.2. The molecule has 112 valence electrons. The molecule has 0 aliphatic rings. The third-order valence-corrected chi connectivity index (χ3v) is 3.15. The third kappa shape index (κ3) is 3.49. The first-order valence-electron chi connectivity index (χ1n) is 6.70. The molecule has 0 atom stereocenters. The Morgan fingerprint density at radius 3 is 2.50 bits per heavy atom. The molecule has 0 saturated carbocycles. The van der Waals surface area contributed by atoms with Crippen molar-refractivity contribution in [2.45, 2.75) is 0 Å². The maximum atomic E-state index is 12.2. The van der Waals surface area contributed by atoms with E-state index in [-0.39, 0.29) is 35.3 Å². The van der Waals surface area contributed by atoms with Crippen LogP contribution >= 0.6 is 0 Å². The second-order valence-electron chi connectivity index (χ2n) is 4.62. The van der Waals surface area contributed by atoms with E-state index >= 15 is 0 Å². The minimum absolute atomic E-state index is 0. The van der Waals surface area contributed by atoms with Crippen LogP contribution < -0.4 is 29.6 Å². The monoisotopic (exact) mass is 327 g/mol. The van der Waals surface area contributed by atoms with Gasteiger partial charge in [-0.25, -0.2) is 0 Å². The molecular formula is C17H10N3NaO3. The van der Waals surface area contributed by atoms with Crippen molar-refractivity contribution < 1.29 is 44.0 Å². The zero-order valence-electron chi connectivity index (χ0n) is 12.8. The van der Waals surface area contributed by atoms with E-state index < -0.39 is 17.2 Å². The summed E-state index contributed by atoms with van der Waals surface area (Å²) in [4.78, 5) is 12.2. The van der Waals surface area contributed by atoms with Gasteiger partial charge in [-0.3, -0.25) is 0 Å². The number of carbonyl (C=O) groups is 1. The number of benzene rings is 2. The van der Waals surface area contributed by atoms with Crippen molar-refractivity contribution in [3.63, 3.8) is 0 Å². The average Bonchev–Trinajstić information content (AvgIpc) is 3.00. The smallest absolute Gasteiger partial charge is 0.622 e. The first kappa shape index (κ1) is 17.8. The number of hydrogen-bond donors (Lipinski definition) is 1.